The highest BCUT2D eigenvalue weighted by Gasteiger charge is 2.50. The predicted molar refractivity (Wildman–Crippen MR) is 95.1 cm³/mol. The molecule has 144 valence electrons. The second kappa shape index (κ2) is 7.23. The van der Waals surface area contributed by atoms with Gasteiger partial charge in [-0.25, -0.2) is 9.18 Å². The Morgan fingerprint density at radius 3 is 2.27 bits per heavy atom. The molecule has 0 aliphatic carbocycles. The average Bonchev–Trinajstić information content (AvgIpc) is 2.54. The Bertz CT molecular complexity index is 675. The van der Waals surface area contributed by atoms with E-state index in [1.807, 2.05) is 13.8 Å². The number of nitrogens with one attached hydrogen (secondary N) is 1. The summed E-state index contributed by atoms with van der Waals surface area (Å²) in [6.45, 7) is 7.82. The summed E-state index contributed by atoms with van der Waals surface area (Å²) < 4.78 is 13.2. The van der Waals surface area contributed by atoms with Crippen LogP contribution in [0.2, 0.25) is 0 Å². The third kappa shape index (κ3) is 3.82. The lowest BCUT2D eigenvalue weighted by atomic mass is 9.66. The number of carbonyl (C=O) groups is 2. The van der Waals surface area contributed by atoms with Crippen LogP contribution in [0.3, 0.4) is 0 Å². The Kier molecular flexibility index (Phi) is 5.61. The molecule has 1 aromatic rings. The minimum absolute atomic E-state index is 0.195. The molecule has 0 saturated carbocycles. The normalized spacial score (nSPS) is 23.6. The summed E-state index contributed by atoms with van der Waals surface area (Å²) in [4.78, 5) is 25.4. The summed E-state index contributed by atoms with van der Waals surface area (Å²) in [5.74, 6) is -0.862. The zero-order valence-electron chi connectivity index (χ0n) is 15.6. The number of nitrogens with zero attached hydrogens (tertiary/aromatic N) is 1. The summed E-state index contributed by atoms with van der Waals surface area (Å²) in [5.41, 5.74) is -1.28. The monoisotopic (exact) mass is 366 g/mol. The number of amides is 2. The molecule has 0 radical (unpaired) electrons. The quantitative estimate of drug-likeness (QED) is 0.764. The van der Waals surface area contributed by atoms with Crippen molar-refractivity contribution in [2.45, 2.75) is 45.8 Å². The van der Waals surface area contributed by atoms with Crippen molar-refractivity contribution in [1.82, 2.24) is 10.2 Å². The fraction of sp³-hybridized carbons (Fsp3) is 0.579. The van der Waals surface area contributed by atoms with E-state index in [4.69, 9.17) is 5.11 Å². The van der Waals surface area contributed by atoms with Gasteiger partial charge in [-0.15, -0.1) is 0 Å². The second-order valence-corrected chi connectivity index (χ2v) is 7.93. The van der Waals surface area contributed by atoms with Crippen LogP contribution in [0, 0.1) is 17.2 Å². The molecule has 6 nitrogen and oxygen atoms in total. The largest absolute Gasteiger partial charge is 0.465 e. The molecule has 1 aliphatic heterocycles. The lowest BCUT2D eigenvalue weighted by Crippen LogP contribution is -2.60. The van der Waals surface area contributed by atoms with E-state index >= 15 is 0 Å². The molecule has 1 fully saturated rings. The Morgan fingerprint density at radius 2 is 1.81 bits per heavy atom. The van der Waals surface area contributed by atoms with Crippen LogP contribution in [0.15, 0.2) is 24.3 Å². The standard InChI is InChI=1S/C19H27FN2O4/c1-12(2)15(21-17(24)25)16(23)22-10-9-19(26,18(3,4)11-22)13-5-7-14(20)8-6-13/h5-8,12,15,21,26H,9-11H2,1-4H3,(H,24,25). The smallest absolute Gasteiger partial charge is 0.405 e. The zero-order chi connectivity index (χ0) is 19.7. The maximum Gasteiger partial charge on any atom is 0.405 e. The van der Waals surface area contributed by atoms with Gasteiger partial charge in [0.2, 0.25) is 5.91 Å². The molecule has 2 amide bonds. The second-order valence-electron chi connectivity index (χ2n) is 7.93. The molecule has 2 unspecified atom stereocenters. The third-order valence-electron chi connectivity index (χ3n) is 5.29. The van der Waals surface area contributed by atoms with Gasteiger partial charge in [0.1, 0.15) is 11.9 Å². The van der Waals surface area contributed by atoms with E-state index < -0.39 is 23.2 Å². The fourth-order valence-electron chi connectivity index (χ4n) is 3.61. The van der Waals surface area contributed by atoms with E-state index in [1.54, 1.807) is 30.9 Å². The van der Waals surface area contributed by atoms with Crippen LogP contribution in [0.25, 0.3) is 0 Å². The van der Waals surface area contributed by atoms with Crippen molar-refractivity contribution in [2.75, 3.05) is 13.1 Å². The molecule has 26 heavy (non-hydrogen) atoms. The molecule has 1 aliphatic rings. The first kappa shape index (κ1) is 20.2. The molecular formula is C19H27FN2O4. The van der Waals surface area contributed by atoms with Gasteiger partial charge in [-0.05, 0) is 30.0 Å². The Balaban J connectivity index is 2.23. The first-order chi connectivity index (χ1) is 12.0. The number of piperidine rings is 1. The summed E-state index contributed by atoms with van der Waals surface area (Å²) in [6, 6.07) is 4.92. The Morgan fingerprint density at radius 1 is 1.23 bits per heavy atom. The van der Waals surface area contributed by atoms with Crippen molar-refractivity contribution in [3.63, 3.8) is 0 Å². The van der Waals surface area contributed by atoms with Crippen molar-refractivity contribution >= 4 is 12.0 Å². The molecule has 0 aromatic heterocycles. The fourth-order valence-corrected chi connectivity index (χ4v) is 3.61. The Hall–Kier alpha value is -2.15. The van der Waals surface area contributed by atoms with E-state index in [-0.39, 0.29) is 30.6 Å². The number of rotatable bonds is 4. The van der Waals surface area contributed by atoms with Crippen molar-refractivity contribution < 1.29 is 24.2 Å². The maximum atomic E-state index is 13.2. The van der Waals surface area contributed by atoms with Gasteiger partial charge >= 0.3 is 6.09 Å². The first-order valence-electron chi connectivity index (χ1n) is 8.74. The number of hydrogen-bond donors (Lipinski definition) is 3. The molecule has 1 aromatic carbocycles. The van der Waals surface area contributed by atoms with Crippen LogP contribution >= 0.6 is 0 Å². The van der Waals surface area contributed by atoms with Crippen molar-refractivity contribution in [3.05, 3.63) is 35.6 Å². The summed E-state index contributed by atoms with van der Waals surface area (Å²) in [6.07, 6.45) is -0.953. The first-order valence-corrected chi connectivity index (χ1v) is 8.74. The zero-order valence-corrected chi connectivity index (χ0v) is 15.6. The lowest BCUT2D eigenvalue weighted by Gasteiger charge is -2.51. The SMILES string of the molecule is CC(C)C(NC(=O)O)C(=O)N1CCC(O)(c2ccc(F)cc2)C(C)(C)C1. The lowest BCUT2D eigenvalue weighted by molar-refractivity contribution is -0.155. The van der Waals surface area contributed by atoms with Gasteiger partial charge in [-0.3, -0.25) is 4.79 Å². The van der Waals surface area contributed by atoms with Gasteiger partial charge in [0, 0.05) is 18.5 Å². The molecule has 2 atom stereocenters. The van der Waals surface area contributed by atoms with E-state index in [2.05, 4.69) is 5.32 Å². The highest BCUT2D eigenvalue weighted by atomic mass is 19.1. The minimum atomic E-state index is -1.24. The van der Waals surface area contributed by atoms with Crippen LogP contribution in [-0.4, -0.2) is 46.2 Å². The van der Waals surface area contributed by atoms with E-state index in [0.29, 0.717) is 12.1 Å². The Labute approximate surface area is 153 Å². The maximum absolute atomic E-state index is 13.2. The molecular weight excluding hydrogens is 339 g/mol. The van der Waals surface area contributed by atoms with Crippen LogP contribution in [0.1, 0.15) is 39.7 Å². The van der Waals surface area contributed by atoms with Gasteiger partial charge in [0.25, 0.3) is 0 Å². The van der Waals surface area contributed by atoms with Crippen LogP contribution in [0.4, 0.5) is 9.18 Å². The number of hydrogen-bond acceptors (Lipinski definition) is 3. The highest BCUT2D eigenvalue weighted by molar-refractivity contribution is 5.85. The molecule has 0 spiro atoms. The number of carboxylic acid groups (broad SMARTS) is 1. The van der Waals surface area contributed by atoms with Gasteiger partial charge < -0.3 is 20.4 Å². The van der Waals surface area contributed by atoms with E-state index in [9.17, 15) is 19.1 Å². The van der Waals surface area contributed by atoms with Gasteiger partial charge in [-0.2, -0.15) is 0 Å². The molecule has 1 saturated heterocycles. The summed E-state index contributed by atoms with van der Waals surface area (Å²) in [5, 5.41) is 22.6. The van der Waals surface area contributed by atoms with E-state index in [1.165, 1.54) is 12.1 Å². The molecule has 7 heteroatoms. The highest BCUT2D eigenvalue weighted by Crippen LogP contribution is 2.46. The number of halogens is 1. The minimum Gasteiger partial charge on any atom is -0.465 e. The number of aliphatic hydroxyl groups is 1. The van der Waals surface area contributed by atoms with Gasteiger partial charge in [0.15, 0.2) is 0 Å². The molecule has 1 heterocycles. The number of carbonyl (C=O) groups excluding carboxylic acids is 1. The van der Waals surface area contributed by atoms with Crippen molar-refractivity contribution in [1.29, 1.82) is 0 Å². The molecule has 2 rings (SSSR count). The summed E-state index contributed by atoms with van der Waals surface area (Å²) >= 11 is 0. The average molecular weight is 366 g/mol. The van der Waals surface area contributed by atoms with Crippen LogP contribution in [-0.2, 0) is 10.4 Å². The number of benzene rings is 1. The number of likely N-dealkylation sites (tertiary alicyclic amines) is 1. The van der Waals surface area contributed by atoms with Crippen molar-refractivity contribution in [2.24, 2.45) is 11.3 Å². The summed E-state index contributed by atoms with van der Waals surface area (Å²) in [7, 11) is 0. The molecule has 0 bridgehead atoms. The van der Waals surface area contributed by atoms with E-state index in [0.717, 1.165) is 0 Å². The molecule has 3 N–H and O–H groups in total. The van der Waals surface area contributed by atoms with Crippen LogP contribution in [0.5, 0.6) is 0 Å². The van der Waals surface area contributed by atoms with Crippen LogP contribution < -0.4 is 5.32 Å². The third-order valence-corrected chi connectivity index (χ3v) is 5.29. The topological polar surface area (TPSA) is 89.9 Å². The predicted octanol–water partition coefficient (Wildman–Crippen LogP) is 2.56. The van der Waals surface area contributed by atoms with Crippen molar-refractivity contribution in [3.8, 4) is 0 Å². The van der Waals surface area contributed by atoms with Gasteiger partial charge in [0.05, 0.1) is 5.60 Å². The van der Waals surface area contributed by atoms with Gasteiger partial charge in [-0.1, -0.05) is 39.8 Å².